The molecule has 0 bridgehead atoms. The zero-order valence-electron chi connectivity index (χ0n) is 16.8. The maximum Gasteiger partial charge on any atom is 0.328 e. The smallest absolute Gasteiger partial charge is 0.328 e. The van der Waals surface area contributed by atoms with E-state index in [0.29, 0.717) is 11.3 Å². The Hall–Kier alpha value is -1.54. The highest BCUT2D eigenvalue weighted by Gasteiger charge is 2.28. The summed E-state index contributed by atoms with van der Waals surface area (Å²) in [5.41, 5.74) is 0.653. The molecule has 1 rings (SSSR count). The minimum absolute atomic E-state index is 0.000644. The molecule has 0 radical (unpaired) electrons. The second-order valence-corrected chi connectivity index (χ2v) is 7.19. The highest BCUT2D eigenvalue weighted by atomic mass is 35.5. The predicted octanol–water partition coefficient (Wildman–Crippen LogP) is 2.81. The Balaban J connectivity index is 3.01. The molecule has 0 aliphatic carbocycles. The van der Waals surface area contributed by atoms with Crippen molar-refractivity contribution in [3.05, 3.63) is 27.7 Å². The number of amides is 1. The minimum atomic E-state index is -0.879. The van der Waals surface area contributed by atoms with Gasteiger partial charge >= 0.3 is 5.97 Å². The lowest BCUT2D eigenvalue weighted by Crippen LogP contribution is -2.52. The monoisotopic (exact) mass is 434 g/mol. The molecule has 0 heterocycles. The topological polar surface area (TPSA) is 85.9 Å². The predicted molar refractivity (Wildman–Crippen MR) is 109 cm³/mol. The van der Waals surface area contributed by atoms with E-state index in [2.05, 4.69) is 10.6 Å². The number of methoxy groups -OCH3 is 2. The second kappa shape index (κ2) is 12.1. The van der Waals surface area contributed by atoms with Gasteiger partial charge in [0, 0.05) is 13.5 Å². The summed E-state index contributed by atoms with van der Waals surface area (Å²) < 4.78 is 15.0. The molecule has 0 aliphatic heterocycles. The van der Waals surface area contributed by atoms with Crippen molar-refractivity contribution in [1.82, 2.24) is 10.6 Å². The molecule has 28 heavy (non-hydrogen) atoms. The number of esters is 1. The van der Waals surface area contributed by atoms with Crippen LogP contribution in [-0.4, -0.2) is 52.0 Å². The fourth-order valence-electron chi connectivity index (χ4n) is 2.73. The molecular formula is C19H28Cl2N2O5. The first kappa shape index (κ1) is 24.5. The molecule has 1 aromatic carbocycles. The van der Waals surface area contributed by atoms with E-state index in [0.717, 1.165) is 6.42 Å². The van der Waals surface area contributed by atoms with Gasteiger partial charge in [-0.05, 0) is 30.7 Å². The Morgan fingerprint density at radius 3 is 2.25 bits per heavy atom. The largest absolute Gasteiger partial charge is 0.467 e. The van der Waals surface area contributed by atoms with Gasteiger partial charge in [-0.25, -0.2) is 4.79 Å². The third-order valence-corrected chi connectivity index (χ3v) is 4.99. The van der Waals surface area contributed by atoms with Gasteiger partial charge in [0.1, 0.15) is 6.04 Å². The molecule has 0 aliphatic rings. The summed E-state index contributed by atoms with van der Waals surface area (Å²) in [7, 11) is 4.47. The van der Waals surface area contributed by atoms with Crippen LogP contribution in [0.15, 0.2) is 12.1 Å². The molecule has 0 saturated carbocycles. The van der Waals surface area contributed by atoms with Crippen LogP contribution in [0.3, 0.4) is 0 Å². The van der Waals surface area contributed by atoms with Crippen LogP contribution in [0, 0.1) is 5.92 Å². The zero-order chi connectivity index (χ0) is 21.3. The molecule has 0 unspecified atom stereocenters. The molecular weight excluding hydrogens is 407 g/mol. The molecule has 9 heteroatoms. The van der Waals surface area contributed by atoms with Crippen LogP contribution in [0.5, 0.6) is 5.75 Å². The van der Waals surface area contributed by atoms with Crippen LogP contribution in [0.4, 0.5) is 0 Å². The summed E-state index contributed by atoms with van der Waals surface area (Å²) in [6, 6.07) is 1.96. The van der Waals surface area contributed by atoms with E-state index in [1.165, 1.54) is 14.2 Å². The standard InChI is InChI=1S/C19H28Cl2N2O5/c1-6-11(2)16(22-3)18(24)23-15(19(25)27-5)9-12-7-13(20)17(14(21)8-12)28-10-26-4/h7-8,11,15-16,22H,6,9-10H2,1-5H3,(H,23,24)/t11-,15+,16-/m0/s1. The highest BCUT2D eigenvalue weighted by molar-refractivity contribution is 6.37. The summed E-state index contributed by atoms with van der Waals surface area (Å²) in [4.78, 5) is 24.9. The lowest BCUT2D eigenvalue weighted by Gasteiger charge is -2.24. The number of hydrogen-bond acceptors (Lipinski definition) is 6. The van der Waals surface area contributed by atoms with Crippen molar-refractivity contribution in [3.8, 4) is 5.75 Å². The van der Waals surface area contributed by atoms with E-state index in [4.69, 9.17) is 37.4 Å². The SMILES string of the molecule is CC[C@H](C)[C@H](NC)C(=O)N[C@H](Cc1cc(Cl)c(OCOC)c(Cl)c1)C(=O)OC. The molecule has 0 aromatic heterocycles. The van der Waals surface area contributed by atoms with Gasteiger partial charge in [0.15, 0.2) is 12.5 Å². The van der Waals surface area contributed by atoms with Gasteiger partial charge in [0.2, 0.25) is 5.91 Å². The van der Waals surface area contributed by atoms with Gasteiger partial charge in [-0.15, -0.1) is 0 Å². The van der Waals surface area contributed by atoms with E-state index >= 15 is 0 Å². The summed E-state index contributed by atoms with van der Waals surface area (Å²) >= 11 is 12.5. The van der Waals surface area contributed by atoms with Gasteiger partial charge in [-0.1, -0.05) is 43.5 Å². The van der Waals surface area contributed by atoms with Crippen LogP contribution in [0.25, 0.3) is 0 Å². The number of carbonyl (C=O) groups is 2. The number of likely N-dealkylation sites (N-methyl/N-ethyl adjacent to an activating group) is 1. The molecule has 3 atom stereocenters. The Labute approximate surface area is 176 Å². The maximum atomic E-state index is 12.6. The fourth-order valence-corrected chi connectivity index (χ4v) is 3.37. The van der Waals surface area contributed by atoms with Crippen molar-refractivity contribution in [1.29, 1.82) is 0 Å². The van der Waals surface area contributed by atoms with E-state index in [1.54, 1.807) is 19.2 Å². The lowest BCUT2D eigenvalue weighted by atomic mass is 9.97. The van der Waals surface area contributed by atoms with Gasteiger partial charge in [0.05, 0.1) is 23.2 Å². The number of hydrogen-bond donors (Lipinski definition) is 2. The normalized spacial score (nSPS) is 14.1. The Kier molecular flexibility index (Phi) is 10.6. The molecule has 1 amide bonds. The molecule has 1 aromatic rings. The van der Waals surface area contributed by atoms with Crippen molar-refractivity contribution in [2.45, 2.75) is 38.8 Å². The molecule has 2 N–H and O–H groups in total. The van der Waals surface area contributed by atoms with E-state index in [9.17, 15) is 9.59 Å². The van der Waals surface area contributed by atoms with Crippen LogP contribution < -0.4 is 15.4 Å². The number of ether oxygens (including phenoxy) is 3. The van der Waals surface area contributed by atoms with Crippen molar-refractivity contribution >= 4 is 35.1 Å². The third-order valence-electron chi connectivity index (χ3n) is 4.43. The van der Waals surface area contributed by atoms with E-state index < -0.39 is 18.1 Å². The summed E-state index contributed by atoms with van der Waals surface area (Å²) in [5, 5.41) is 6.31. The van der Waals surface area contributed by atoms with Crippen LogP contribution in [0.2, 0.25) is 10.0 Å². The average Bonchev–Trinajstić information content (AvgIpc) is 2.66. The first-order valence-corrected chi connectivity index (χ1v) is 9.69. The van der Waals surface area contributed by atoms with E-state index in [-0.39, 0.29) is 35.1 Å². The van der Waals surface area contributed by atoms with Crippen molar-refractivity contribution < 1.29 is 23.8 Å². The van der Waals surface area contributed by atoms with Crippen molar-refractivity contribution in [2.24, 2.45) is 5.92 Å². The van der Waals surface area contributed by atoms with Gasteiger partial charge in [-0.3, -0.25) is 4.79 Å². The van der Waals surface area contributed by atoms with Crippen LogP contribution in [-0.2, 0) is 25.5 Å². The second-order valence-electron chi connectivity index (χ2n) is 6.38. The summed E-state index contributed by atoms with van der Waals surface area (Å²) in [6.07, 6.45) is 0.981. The van der Waals surface area contributed by atoms with Gasteiger partial charge < -0.3 is 24.8 Å². The molecule has 0 saturated heterocycles. The average molecular weight is 435 g/mol. The Bertz CT molecular complexity index is 649. The molecule has 7 nitrogen and oxygen atoms in total. The van der Waals surface area contributed by atoms with Gasteiger partial charge in [0.25, 0.3) is 0 Å². The molecule has 0 spiro atoms. The first-order valence-electron chi connectivity index (χ1n) is 8.94. The fraction of sp³-hybridized carbons (Fsp3) is 0.579. The number of nitrogens with one attached hydrogen (secondary N) is 2. The number of benzene rings is 1. The highest BCUT2D eigenvalue weighted by Crippen LogP contribution is 2.34. The van der Waals surface area contributed by atoms with E-state index in [1.807, 2.05) is 13.8 Å². The first-order chi connectivity index (χ1) is 13.3. The number of carbonyl (C=O) groups excluding carboxylic acids is 2. The summed E-state index contributed by atoms with van der Waals surface area (Å²) in [6.45, 7) is 3.96. The van der Waals surface area contributed by atoms with Crippen LogP contribution >= 0.6 is 23.2 Å². The van der Waals surface area contributed by atoms with Crippen molar-refractivity contribution in [3.63, 3.8) is 0 Å². The zero-order valence-corrected chi connectivity index (χ0v) is 18.3. The van der Waals surface area contributed by atoms with Crippen LogP contribution in [0.1, 0.15) is 25.8 Å². The minimum Gasteiger partial charge on any atom is -0.467 e. The quantitative estimate of drug-likeness (QED) is 0.411. The van der Waals surface area contributed by atoms with Crippen molar-refractivity contribution in [2.75, 3.05) is 28.1 Å². The Morgan fingerprint density at radius 2 is 1.79 bits per heavy atom. The maximum absolute atomic E-state index is 12.6. The number of halogens is 2. The summed E-state index contributed by atoms with van der Waals surface area (Å²) in [5.74, 6) is -0.437. The number of rotatable bonds is 11. The third kappa shape index (κ3) is 6.81. The molecule has 158 valence electrons. The lowest BCUT2D eigenvalue weighted by molar-refractivity contribution is -0.145. The Morgan fingerprint density at radius 1 is 1.18 bits per heavy atom. The van der Waals surface area contributed by atoms with Gasteiger partial charge in [-0.2, -0.15) is 0 Å². The molecule has 0 fully saturated rings.